The molecule has 0 aliphatic heterocycles. The number of anilines is 1. The Kier molecular flexibility index (Phi) is 4.79. The predicted molar refractivity (Wildman–Crippen MR) is 95.2 cm³/mol. The van der Waals surface area contributed by atoms with E-state index in [-0.39, 0.29) is 5.97 Å². The van der Waals surface area contributed by atoms with Gasteiger partial charge in [-0.15, -0.1) is 0 Å². The summed E-state index contributed by atoms with van der Waals surface area (Å²) in [4.78, 5) is 15.7. The van der Waals surface area contributed by atoms with E-state index < -0.39 is 0 Å². The second-order valence-electron chi connectivity index (χ2n) is 5.85. The maximum Gasteiger partial charge on any atom is 0.337 e. The molecule has 0 fully saturated rings. The molecule has 0 radical (unpaired) electrons. The third kappa shape index (κ3) is 3.74. The lowest BCUT2D eigenvalue weighted by Gasteiger charge is -2.08. The van der Waals surface area contributed by atoms with E-state index in [9.17, 15) is 4.79 Å². The van der Waals surface area contributed by atoms with E-state index in [1.54, 1.807) is 12.1 Å². The van der Waals surface area contributed by atoms with E-state index >= 15 is 0 Å². The minimum absolute atomic E-state index is 0.345. The number of esters is 1. The second-order valence-corrected chi connectivity index (χ2v) is 5.85. The van der Waals surface area contributed by atoms with Crippen LogP contribution < -0.4 is 11.1 Å². The first kappa shape index (κ1) is 16.1. The van der Waals surface area contributed by atoms with Crippen LogP contribution in [0, 0.1) is 0 Å². The largest absolute Gasteiger partial charge is 0.465 e. The molecule has 0 saturated carbocycles. The molecule has 0 heterocycles. The molecule has 1 aliphatic rings. The van der Waals surface area contributed by atoms with Gasteiger partial charge in [0.25, 0.3) is 0 Å². The number of aryl methyl sites for hydroxylation is 2. The first-order valence-corrected chi connectivity index (χ1v) is 8.02. The fourth-order valence-electron chi connectivity index (χ4n) is 2.88. The highest BCUT2D eigenvalue weighted by molar-refractivity contribution is 5.92. The Morgan fingerprint density at radius 2 is 1.92 bits per heavy atom. The lowest BCUT2D eigenvalue weighted by Crippen LogP contribution is -2.22. The minimum Gasteiger partial charge on any atom is -0.465 e. The number of ether oxygens (including phenoxy) is 1. The number of hydrogen-bond acceptors (Lipinski definition) is 3. The zero-order valence-electron chi connectivity index (χ0n) is 13.7. The summed E-state index contributed by atoms with van der Waals surface area (Å²) >= 11 is 0. The van der Waals surface area contributed by atoms with Gasteiger partial charge in [0, 0.05) is 5.69 Å². The van der Waals surface area contributed by atoms with Gasteiger partial charge in [0.1, 0.15) is 0 Å². The van der Waals surface area contributed by atoms with Crippen LogP contribution in [0.25, 0.3) is 0 Å². The SMILES string of the molecule is COC(=O)c1ccc(CN=C(N)Nc2ccc3c(c2)CCC3)cc1. The van der Waals surface area contributed by atoms with Crippen LogP contribution in [0.2, 0.25) is 0 Å². The molecule has 24 heavy (non-hydrogen) atoms. The molecule has 0 spiro atoms. The number of carbonyl (C=O) groups excluding carboxylic acids is 1. The van der Waals surface area contributed by atoms with Crippen molar-refractivity contribution in [2.45, 2.75) is 25.8 Å². The number of nitrogens with two attached hydrogens (primary N) is 1. The molecule has 0 unspecified atom stereocenters. The molecule has 3 N–H and O–H groups in total. The maximum absolute atomic E-state index is 11.4. The van der Waals surface area contributed by atoms with E-state index in [1.165, 1.54) is 31.1 Å². The molecule has 2 aromatic rings. The van der Waals surface area contributed by atoms with Gasteiger partial charge < -0.3 is 15.8 Å². The smallest absolute Gasteiger partial charge is 0.337 e. The van der Waals surface area contributed by atoms with Gasteiger partial charge in [-0.2, -0.15) is 0 Å². The summed E-state index contributed by atoms with van der Waals surface area (Å²) in [7, 11) is 1.37. The molecular formula is C19H21N3O2. The van der Waals surface area contributed by atoms with Gasteiger partial charge in [0.05, 0.1) is 19.2 Å². The van der Waals surface area contributed by atoms with Crippen molar-refractivity contribution >= 4 is 17.6 Å². The Morgan fingerprint density at radius 1 is 1.17 bits per heavy atom. The molecule has 3 rings (SSSR count). The summed E-state index contributed by atoms with van der Waals surface area (Å²) in [6.45, 7) is 0.450. The summed E-state index contributed by atoms with van der Waals surface area (Å²) < 4.78 is 4.68. The Labute approximate surface area is 141 Å². The van der Waals surface area contributed by atoms with Crippen molar-refractivity contribution < 1.29 is 9.53 Å². The Hall–Kier alpha value is -2.82. The van der Waals surface area contributed by atoms with Crippen LogP contribution in [0.1, 0.15) is 33.5 Å². The van der Waals surface area contributed by atoms with Gasteiger partial charge in [-0.3, -0.25) is 0 Å². The molecule has 1 aliphatic carbocycles. The number of nitrogens with zero attached hydrogens (tertiary/aromatic N) is 1. The molecule has 0 atom stereocenters. The average Bonchev–Trinajstić information content (AvgIpc) is 3.07. The van der Waals surface area contributed by atoms with Crippen molar-refractivity contribution in [3.05, 3.63) is 64.7 Å². The maximum atomic E-state index is 11.4. The van der Waals surface area contributed by atoms with Crippen molar-refractivity contribution in [2.75, 3.05) is 12.4 Å². The Balaban J connectivity index is 1.61. The van der Waals surface area contributed by atoms with Crippen molar-refractivity contribution in [1.29, 1.82) is 0 Å². The highest BCUT2D eigenvalue weighted by atomic mass is 16.5. The number of hydrogen-bond donors (Lipinski definition) is 2. The quantitative estimate of drug-likeness (QED) is 0.515. The molecule has 5 heteroatoms. The first-order chi connectivity index (χ1) is 11.7. The summed E-state index contributed by atoms with van der Waals surface area (Å²) in [5, 5.41) is 3.13. The van der Waals surface area contributed by atoms with Crippen LogP contribution in [0.15, 0.2) is 47.5 Å². The normalized spacial score (nSPS) is 13.5. The van der Waals surface area contributed by atoms with Crippen molar-refractivity contribution in [1.82, 2.24) is 0 Å². The molecular weight excluding hydrogens is 302 g/mol. The Bertz CT molecular complexity index is 767. The number of methoxy groups -OCH3 is 1. The number of nitrogens with one attached hydrogen (secondary N) is 1. The second kappa shape index (κ2) is 7.17. The van der Waals surface area contributed by atoms with Gasteiger partial charge in [-0.25, -0.2) is 9.79 Å². The van der Waals surface area contributed by atoms with Crippen LogP contribution in [0.3, 0.4) is 0 Å². The number of fused-ring (bicyclic) bond motifs is 1. The molecule has 124 valence electrons. The highest BCUT2D eigenvalue weighted by Crippen LogP contribution is 2.24. The lowest BCUT2D eigenvalue weighted by molar-refractivity contribution is 0.0600. The van der Waals surface area contributed by atoms with Crippen molar-refractivity contribution in [2.24, 2.45) is 10.7 Å². The zero-order valence-corrected chi connectivity index (χ0v) is 13.7. The van der Waals surface area contributed by atoms with Gasteiger partial charge in [0.15, 0.2) is 5.96 Å². The third-order valence-corrected chi connectivity index (χ3v) is 4.18. The monoisotopic (exact) mass is 323 g/mol. The fraction of sp³-hybridized carbons (Fsp3) is 0.263. The van der Waals surface area contributed by atoms with E-state index in [0.29, 0.717) is 18.1 Å². The molecule has 0 saturated heterocycles. The molecule has 2 aromatic carbocycles. The highest BCUT2D eigenvalue weighted by Gasteiger charge is 2.10. The first-order valence-electron chi connectivity index (χ1n) is 8.02. The van der Waals surface area contributed by atoms with Gasteiger partial charge >= 0.3 is 5.97 Å². The third-order valence-electron chi connectivity index (χ3n) is 4.18. The fourth-order valence-corrected chi connectivity index (χ4v) is 2.88. The van der Waals surface area contributed by atoms with E-state index in [2.05, 4.69) is 27.2 Å². The van der Waals surface area contributed by atoms with Crippen LogP contribution in [0.4, 0.5) is 5.69 Å². The van der Waals surface area contributed by atoms with Crippen LogP contribution >= 0.6 is 0 Å². The van der Waals surface area contributed by atoms with Crippen LogP contribution in [-0.2, 0) is 24.1 Å². The minimum atomic E-state index is -0.345. The molecule has 0 amide bonds. The van der Waals surface area contributed by atoms with E-state index in [1.807, 2.05) is 18.2 Å². The number of rotatable bonds is 4. The summed E-state index contributed by atoms with van der Waals surface area (Å²) in [5.74, 6) is 0.0350. The number of guanidine groups is 1. The van der Waals surface area contributed by atoms with E-state index in [0.717, 1.165) is 17.7 Å². The molecule has 0 bridgehead atoms. The summed E-state index contributed by atoms with van der Waals surface area (Å²) in [5.41, 5.74) is 11.3. The van der Waals surface area contributed by atoms with Crippen LogP contribution in [0.5, 0.6) is 0 Å². The summed E-state index contributed by atoms with van der Waals surface area (Å²) in [6.07, 6.45) is 3.53. The number of benzene rings is 2. The van der Waals surface area contributed by atoms with Gasteiger partial charge in [0.2, 0.25) is 0 Å². The van der Waals surface area contributed by atoms with Gasteiger partial charge in [-0.05, 0) is 60.2 Å². The topological polar surface area (TPSA) is 76.7 Å². The molecule has 0 aromatic heterocycles. The van der Waals surface area contributed by atoms with Crippen molar-refractivity contribution in [3.63, 3.8) is 0 Å². The number of carbonyl (C=O) groups is 1. The van der Waals surface area contributed by atoms with Crippen molar-refractivity contribution in [3.8, 4) is 0 Å². The molecule has 5 nitrogen and oxygen atoms in total. The van der Waals surface area contributed by atoms with Gasteiger partial charge in [-0.1, -0.05) is 18.2 Å². The van der Waals surface area contributed by atoms with Crippen LogP contribution in [-0.4, -0.2) is 19.0 Å². The Morgan fingerprint density at radius 3 is 2.67 bits per heavy atom. The predicted octanol–water partition coefficient (Wildman–Crippen LogP) is 2.89. The average molecular weight is 323 g/mol. The summed E-state index contributed by atoms with van der Waals surface area (Å²) in [6, 6.07) is 13.5. The van der Waals surface area contributed by atoms with E-state index in [4.69, 9.17) is 5.73 Å². The lowest BCUT2D eigenvalue weighted by atomic mass is 10.1. The number of aliphatic imine (C=N–C) groups is 1. The zero-order chi connectivity index (χ0) is 16.9. The standard InChI is InChI=1S/C19H21N3O2/c1-24-18(23)15-7-5-13(6-8-15)12-21-19(20)22-17-10-9-14-3-2-4-16(14)11-17/h5-11H,2-4,12H2,1H3,(H3,20,21,22).